The lowest BCUT2D eigenvalue weighted by Crippen LogP contribution is -2.41. The van der Waals surface area contributed by atoms with Gasteiger partial charge in [-0.05, 0) is 18.3 Å². The molecule has 1 atom stereocenters. The molecular weight excluding hydrogens is 384 g/mol. The Balaban J connectivity index is 1.88. The molecule has 1 saturated carbocycles. The molecule has 10 nitrogen and oxygen atoms in total. The molecule has 0 amide bonds. The smallest absolute Gasteiger partial charge is 0.326 e. The molecule has 0 bridgehead atoms. The first-order valence-corrected chi connectivity index (χ1v) is 9.55. The van der Waals surface area contributed by atoms with Gasteiger partial charge >= 0.3 is 5.97 Å². The number of hydrogen-bond donors (Lipinski definition) is 4. The van der Waals surface area contributed by atoms with E-state index < -0.39 is 17.4 Å². The third-order valence-electron chi connectivity index (χ3n) is 4.39. The van der Waals surface area contributed by atoms with Crippen LogP contribution in [-0.2, 0) is 4.79 Å². The van der Waals surface area contributed by atoms with Gasteiger partial charge in [0.1, 0.15) is 6.04 Å². The minimum absolute atomic E-state index is 0.143. The second-order valence-corrected chi connectivity index (χ2v) is 8.23. The minimum atomic E-state index is -0.990. The predicted molar refractivity (Wildman–Crippen MR) is 107 cm³/mol. The van der Waals surface area contributed by atoms with Gasteiger partial charge in [-0.3, -0.25) is 5.10 Å². The average Bonchev–Trinajstić information content (AvgIpc) is 3.37. The van der Waals surface area contributed by atoms with Crippen molar-refractivity contribution in [3.8, 4) is 0 Å². The van der Waals surface area contributed by atoms with Crippen LogP contribution >= 0.6 is 11.6 Å². The Morgan fingerprint density at radius 3 is 2.61 bits per heavy atom. The highest BCUT2D eigenvalue weighted by Crippen LogP contribution is 2.39. The molecule has 0 radical (unpaired) electrons. The molecule has 28 heavy (non-hydrogen) atoms. The zero-order valence-electron chi connectivity index (χ0n) is 16.3. The summed E-state index contributed by atoms with van der Waals surface area (Å²) in [5, 5.41) is 22.8. The van der Waals surface area contributed by atoms with Gasteiger partial charge in [-0.1, -0.05) is 20.8 Å². The Morgan fingerprint density at radius 2 is 2.04 bits per heavy atom. The molecule has 3 rings (SSSR count). The third-order valence-corrected chi connectivity index (χ3v) is 4.74. The maximum Gasteiger partial charge on any atom is 0.326 e. The fourth-order valence-electron chi connectivity index (χ4n) is 2.61. The molecule has 2 aromatic heterocycles. The van der Waals surface area contributed by atoms with Crippen LogP contribution in [0.4, 0.5) is 23.7 Å². The number of aliphatic carboxylic acids is 1. The van der Waals surface area contributed by atoms with E-state index in [0.717, 1.165) is 18.5 Å². The van der Waals surface area contributed by atoms with Crippen molar-refractivity contribution in [1.82, 2.24) is 25.1 Å². The van der Waals surface area contributed by atoms with Gasteiger partial charge in [0, 0.05) is 24.7 Å². The summed E-state index contributed by atoms with van der Waals surface area (Å²) >= 11 is 5.90. The lowest BCUT2D eigenvalue weighted by Gasteiger charge is -2.28. The van der Waals surface area contributed by atoms with Crippen molar-refractivity contribution in [2.75, 3.05) is 28.6 Å². The monoisotopic (exact) mass is 408 g/mol. The summed E-state index contributed by atoms with van der Waals surface area (Å²) in [5.74, 6) is 0.840. The molecule has 1 unspecified atom stereocenters. The molecule has 2 heterocycles. The van der Waals surface area contributed by atoms with Gasteiger partial charge in [0.25, 0.3) is 0 Å². The summed E-state index contributed by atoms with van der Waals surface area (Å²) < 4.78 is 0. The maximum atomic E-state index is 11.7. The topological polar surface area (TPSA) is 132 Å². The van der Waals surface area contributed by atoms with Crippen LogP contribution in [-0.4, -0.2) is 55.3 Å². The van der Waals surface area contributed by atoms with Gasteiger partial charge in [-0.25, -0.2) is 4.79 Å². The molecule has 11 heteroatoms. The molecule has 0 aliphatic heterocycles. The number of rotatable bonds is 8. The molecule has 0 spiro atoms. The highest BCUT2D eigenvalue weighted by molar-refractivity contribution is 6.18. The van der Waals surface area contributed by atoms with Gasteiger partial charge in [0.15, 0.2) is 5.82 Å². The minimum Gasteiger partial charge on any atom is -0.480 e. The highest BCUT2D eigenvalue weighted by atomic mass is 35.5. The molecular formula is C17H25ClN8O2. The number of nitrogens with zero attached hydrogens (tertiary/aromatic N) is 5. The molecule has 1 aliphatic carbocycles. The van der Waals surface area contributed by atoms with E-state index in [1.54, 1.807) is 11.9 Å². The van der Waals surface area contributed by atoms with Gasteiger partial charge in [0.05, 0.1) is 6.00 Å². The van der Waals surface area contributed by atoms with E-state index in [4.69, 9.17) is 11.6 Å². The number of aromatic nitrogens is 5. The molecule has 0 saturated heterocycles. The van der Waals surface area contributed by atoms with Crippen molar-refractivity contribution in [1.29, 1.82) is 0 Å². The van der Waals surface area contributed by atoms with Gasteiger partial charge < -0.3 is 20.6 Å². The summed E-state index contributed by atoms with van der Waals surface area (Å²) in [7, 11) is 1.73. The third kappa shape index (κ3) is 4.80. The first-order valence-electron chi connectivity index (χ1n) is 9.02. The van der Waals surface area contributed by atoms with Crippen molar-refractivity contribution < 1.29 is 9.90 Å². The van der Waals surface area contributed by atoms with E-state index in [2.05, 4.69) is 35.8 Å². The second kappa shape index (κ2) is 7.78. The average molecular weight is 409 g/mol. The first kappa shape index (κ1) is 20.1. The number of aromatic amines is 1. The Labute approximate surface area is 168 Å². The summed E-state index contributed by atoms with van der Waals surface area (Å²) in [6.07, 6.45) is 2.32. The van der Waals surface area contributed by atoms with Crippen molar-refractivity contribution in [3.63, 3.8) is 0 Å². The normalized spacial score (nSPS) is 15.2. The van der Waals surface area contributed by atoms with Crippen LogP contribution in [0, 0.1) is 5.41 Å². The van der Waals surface area contributed by atoms with Crippen molar-refractivity contribution in [2.45, 2.75) is 45.6 Å². The fraction of sp³-hybridized carbons (Fsp3) is 0.588. The Kier molecular flexibility index (Phi) is 5.59. The SMILES string of the molecule is CN(CCl)c1nc(Nc2cc(C3CC3)[nH]n2)nc(NC(C(=O)O)C(C)(C)C)n1. The number of anilines is 4. The molecule has 1 fully saturated rings. The van der Waals surface area contributed by atoms with Crippen LogP contribution in [0.5, 0.6) is 0 Å². The number of halogens is 1. The second-order valence-electron chi connectivity index (χ2n) is 7.99. The van der Waals surface area contributed by atoms with Gasteiger partial charge in [-0.15, -0.1) is 11.6 Å². The van der Waals surface area contributed by atoms with E-state index in [-0.39, 0.29) is 17.9 Å². The molecule has 152 valence electrons. The van der Waals surface area contributed by atoms with E-state index in [1.807, 2.05) is 26.8 Å². The number of carboxylic acids is 1. The molecule has 4 N–H and O–H groups in total. The van der Waals surface area contributed by atoms with Crippen LogP contribution in [0.2, 0.25) is 0 Å². The van der Waals surface area contributed by atoms with Crippen LogP contribution in [0.25, 0.3) is 0 Å². The van der Waals surface area contributed by atoms with Crippen LogP contribution in [0.1, 0.15) is 45.2 Å². The van der Waals surface area contributed by atoms with Crippen LogP contribution < -0.4 is 15.5 Å². The van der Waals surface area contributed by atoms with E-state index in [1.165, 1.54) is 0 Å². The predicted octanol–water partition coefficient (Wildman–Crippen LogP) is 2.76. The summed E-state index contributed by atoms with van der Waals surface area (Å²) in [4.78, 5) is 26.3. The first-order chi connectivity index (χ1) is 13.2. The van der Waals surface area contributed by atoms with E-state index in [9.17, 15) is 9.90 Å². The molecule has 0 aromatic carbocycles. The summed E-state index contributed by atoms with van der Waals surface area (Å²) in [6, 6.07) is 1.21. The lowest BCUT2D eigenvalue weighted by molar-refractivity contribution is -0.140. The number of carboxylic acid groups (broad SMARTS) is 1. The number of nitrogens with one attached hydrogen (secondary N) is 3. The maximum absolute atomic E-state index is 11.7. The Morgan fingerprint density at radius 1 is 1.36 bits per heavy atom. The van der Waals surface area contributed by atoms with Crippen molar-refractivity contribution in [2.24, 2.45) is 5.41 Å². The quantitative estimate of drug-likeness (QED) is 0.384. The fourth-order valence-corrected chi connectivity index (χ4v) is 2.71. The van der Waals surface area contributed by atoms with Crippen molar-refractivity contribution >= 4 is 41.2 Å². The van der Waals surface area contributed by atoms with Crippen LogP contribution in [0.3, 0.4) is 0 Å². The zero-order chi connectivity index (χ0) is 20.5. The summed E-state index contributed by atoms with van der Waals surface area (Å²) in [5.41, 5.74) is 0.526. The van der Waals surface area contributed by atoms with E-state index in [0.29, 0.717) is 17.7 Å². The number of carbonyl (C=O) groups is 1. The van der Waals surface area contributed by atoms with Crippen molar-refractivity contribution in [3.05, 3.63) is 11.8 Å². The number of hydrogen-bond acceptors (Lipinski definition) is 8. The van der Waals surface area contributed by atoms with Gasteiger partial charge in [0.2, 0.25) is 17.8 Å². The number of alkyl halides is 1. The molecule has 2 aromatic rings. The Hall–Kier alpha value is -2.62. The van der Waals surface area contributed by atoms with Gasteiger partial charge in [-0.2, -0.15) is 20.1 Å². The largest absolute Gasteiger partial charge is 0.480 e. The summed E-state index contributed by atoms with van der Waals surface area (Å²) in [6.45, 7) is 5.48. The highest BCUT2D eigenvalue weighted by Gasteiger charge is 2.32. The Bertz CT molecular complexity index is 846. The van der Waals surface area contributed by atoms with Crippen LogP contribution in [0.15, 0.2) is 6.07 Å². The zero-order valence-corrected chi connectivity index (χ0v) is 17.1. The molecule has 1 aliphatic rings. The number of H-pyrrole nitrogens is 1. The standard InChI is InChI=1S/C17H25ClN8O2/c1-17(2,3)12(13(27)28)20-15-21-14(22-16(23-15)26(4)8-18)19-11-7-10(24-25-11)9-5-6-9/h7,9,12H,5-6,8H2,1-4H3,(H,27,28)(H3,19,20,21,22,23,24,25). The lowest BCUT2D eigenvalue weighted by atomic mass is 9.87. The van der Waals surface area contributed by atoms with E-state index >= 15 is 0 Å².